The van der Waals surface area contributed by atoms with Crippen molar-refractivity contribution in [2.45, 2.75) is 32.4 Å². The zero-order valence-electron chi connectivity index (χ0n) is 13.1. The quantitative estimate of drug-likeness (QED) is 0.706. The SMILES string of the molecule is CC(C)(C)N1CCN(C(=O)O)[C@@H](C(=O)N2CCNCC2)C1. The number of hydrogen-bond acceptors (Lipinski definition) is 4. The minimum atomic E-state index is -1.00. The van der Waals surface area contributed by atoms with Gasteiger partial charge in [-0.1, -0.05) is 0 Å². The zero-order chi connectivity index (χ0) is 15.6. The maximum absolute atomic E-state index is 12.7. The van der Waals surface area contributed by atoms with Gasteiger partial charge in [-0.2, -0.15) is 0 Å². The van der Waals surface area contributed by atoms with Gasteiger partial charge >= 0.3 is 6.09 Å². The molecule has 120 valence electrons. The fourth-order valence-corrected chi connectivity index (χ4v) is 2.93. The first-order chi connectivity index (χ1) is 9.80. The summed E-state index contributed by atoms with van der Waals surface area (Å²) in [6, 6.07) is -0.589. The Morgan fingerprint density at radius 3 is 2.24 bits per heavy atom. The van der Waals surface area contributed by atoms with Crippen LogP contribution in [0.15, 0.2) is 0 Å². The Morgan fingerprint density at radius 2 is 1.71 bits per heavy atom. The third-order valence-electron chi connectivity index (χ3n) is 4.29. The van der Waals surface area contributed by atoms with Crippen LogP contribution in [-0.2, 0) is 4.79 Å². The van der Waals surface area contributed by atoms with Gasteiger partial charge in [0, 0.05) is 51.4 Å². The molecule has 2 heterocycles. The fraction of sp³-hybridized carbons (Fsp3) is 0.857. The Balaban J connectivity index is 2.13. The summed E-state index contributed by atoms with van der Waals surface area (Å²) >= 11 is 0. The minimum absolute atomic E-state index is 0.0622. The van der Waals surface area contributed by atoms with Gasteiger partial charge in [0.25, 0.3) is 0 Å². The number of rotatable bonds is 1. The molecular formula is C14H26N4O3. The molecule has 2 saturated heterocycles. The van der Waals surface area contributed by atoms with Crippen molar-refractivity contribution in [3.8, 4) is 0 Å². The fourth-order valence-electron chi connectivity index (χ4n) is 2.93. The van der Waals surface area contributed by atoms with E-state index in [2.05, 4.69) is 31.0 Å². The molecule has 0 radical (unpaired) electrons. The number of nitrogens with one attached hydrogen (secondary N) is 1. The van der Waals surface area contributed by atoms with E-state index in [0.717, 1.165) is 13.1 Å². The van der Waals surface area contributed by atoms with Crippen LogP contribution in [0, 0.1) is 0 Å². The van der Waals surface area contributed by atoms with E-state index >= 15 is 0 Å². The summed E-state index contributed by atoms with van der Waals surface area (Å²) in [4.78, 5) is 29.4. The lowest BCUT2D eigenvalue weighted by Gasteiger charge is -2.46. The zero-order valence-corrected chi connectivity index (χ0v) is 13.1. The van der Waals surface area contributed by atoms with Crippen molar-refractivity contribution in [1.82, 2.24) is 20.0 Å². The van der Waals surface area contributed by atoms with Crippen molar-refractivity contribution in [3.63, 3.8) is 0 Å². The first kappa shape index (κ1) is 16.0. The van der Waals surface area contributed by atoms with Crippen LogP contribution in [-0.4, -0.2) is 89.2 Å². The Morgan fingerprint density at radius 1 is 1.10 bits per heavy atom. The molecule has 1 atom stereocenters. The lowest BCUT2D eigenvalue weighted by Crippen LogP contribution is -2.64. The standard InChI is InChI=1S/C14H26N4O3/c1-14(2,3)17-8-9-18(13(20)21)11(10-17)12(19)16-6-4-15-5-7-16/h11,15H,4-10H2,1-3H3,(H,20,21)/t11-/m1/s1. The molecule has 2 amide bonds. The molecule has 7 nitrogen and oxygen atoms in total. The lowest BCUT2D eigenvalue weighted by molar-refractivity contribution is -0.140. The number of carboxylic acid groups (broad SMARTS) is 1. The highest BCUT2D eigenvalue weighted by Crippen LogP contribution is 2.21. The predicted octanol–water partition coefficient (Wildman–Crippen LogP) is -0.119. The topological polar surface area (TPSA) is 76.1 Å². The number of amides is 2. The highest BCUT2D eigenvalue weighted by Gasteiger charge is 2.40. The van der Waals surface area contributed by atoms with Crippen molar-refractivity contribution < 1.29 is 14.7 Å². The van der Waals surface area contributed by atoms with Crippen LogP contribution in [0.1, 0.15) is 20.8 Å². The van der Waals surface area contributed by atoms with E-state index in [1.807, 2.05) is 0 Å². The molecule has 2 aliphatic heterocycles. The largest absolute Gasteiger partial charge is 0.465 e. The van der Waals surface area contributed by atoms with E-state index in [9.17, 15) is 14.7 Å². The van der Waals surface area contributed by atoms with E-state index < -0.39 is 12.1 Å². The maximum atomic E-state index is 12.7. The molecule has 0 bridgehead atoms. The van der Waals surface area contributed by atoms with Crippen LogP contribution in [0.3, 0.4) is 0 Å². The molecule has 7 heteroatoms. The normalized spacial score (nSPS) is 25.0. The summed E-state index contributed by atoms with van der Waals surface area (Å²) in [7, 11) is 0. The van der Waals surface area contributed by atoms with Crippen molar-refractivity contribution in [3.05, 3.63) is 0 Å². The third kappa shape index (κ3) is 3.65. The monoisotopic (exact) mass is 298 g/mol. The van der Waals surface area contributed by atoms with Crippen molar-refractivity contribution in [1.29, 1.82) is 0 Å². The number of hydrogen-bond donors (Lipinski definition) is 2. The van der Waals surface area contributed by atoms with Crippen molar-refractivity contribution in [2.24, 2.45) is 0 Å². The van der Waals surface area contributed by atoms with Gasteiger partial charge in [0.2, 0.25) is 5.91 Å². The predicted molar refractivity (Wildman–Crippen MR) is 79.3 cm³/mol. The molecular weight excluding hydrogens is 272 g/mol. The highest BCUT2D eigenvalue weighted by molar-refractivity contribution is 5.86. The summed E-state index contributed by atoms with van der Waals surface area (Å²) in [5.74, 6) is -0.0622. The molecule has 2 rings (SSSR count). The highest BCUT2D eigenvalue weighted by atomic mass is 16.4. The van der Waals surface area contributed by atoms with Gasteiger partial charge in [0.1, 0.15) is 6.04 Å². The van der Waals surface area contributed by atoms with E-state index in [1.165, 1.54) is 4.90 Å². The van der Waals surface area contributed by atoms with Gasteiger partial charge in [-0.05, 0) is 20.8 Å². The minimum Gasteiger partial charge on any atom is -0.465 e. The molecule has 0 unspecified atom stereocenters. The van der Waals surface area contributed by atoms with Crippen LogP contribution in [0.2, 0.25) is 0 Å². The second-order valence-electron chi connectivity index (χ2n) is 6.68. The van der Waals surface area contributed by atoms with E-state index in [4.69, 9.17) is 0 Å². The number of carbonyl (C=O) groups is 2. The van der Waals surface area contributed by atoms with Crippen LogP contribution in [0.25, 0.3) is 0 Å². The van der Waals surface area contributed by atoms with Gasteiger partial charge in [-0.15, -0.1) is 0 Å². The first-order valence-electron chi connectivity index (χ1n) is 7.55. The number of carbonyl (C=O) groups excluding carboxylic acids is 1. The summed E-state index contributed by atoms with van der Waals surface area (Å²) in [6.45, 7) is 10.6. The van der Waals surface area contributed by atoms with Gasteiger partial charge < -0.3 is 15.3 Å². The van der Waals surface area contributed by atoms with Crippen molar-refractivity contribution in [2.75, 3.05) is 45.8 Å². The lowest BCUT2D eigenvalue weighted by atomic mass is 10.0. The Kier molecular flexibility index (Phi) is 4.73. The average molecular weight is 298 g/mol. The third-order valence-corrected chi connectivity index (χ3v) is 4.29. The maximum Gasteiger partial charge on any atom is 0.408 e. The molecule has 0 aromatic carbocycles. The molecule has 2 fully saturated rings. The molecule has 0 spiro atoms. The number of piperazine rings is 2. The molecule has 0 aromatic rings. The van der Waals surface area contributed by atoms with E-state index in [0.29, 0.717) is 32.7 Å². The van der Waals surface area contributed by atoms with Gasteiger partial charge in [-0.3, -0.25) is 14.6 Å². The number of nitrogens with zero attached hydrogens (tertiary/aromatic N) is 3. The smallest absolute Gasteiger partial charge is 0.408 e. The van der Waals surface area contributed by atoms with Crippen LogP contribution in [0.4, 0.5) is 4.79 Å². The van der Waals surface area contributed by atoms with Crippen LogP contribution < -0.4 is 5.32 Å². The average Bonchev–Trinajstić information content (AvgIpc) is 2.45. The summed E-state index contributed by atoms with van der Waals surface area (Å²) < 4.78 is 0. The molecule has 0 saturated carbocycles. The van der Waals surface area contributed by atoms with Crippen LogP contribution in [0.5, 0.6) is 0 Å². The van der Waals surface area contributed by atoms with Crippen molar-refractivity contribution >= 4 is 12.0 Å². The van der Waals surface area contributed by atoms with Crippen LogP contribution >= 0.6 is 0 Å². The second kappa shape index (κ2) is 6.19. The molecule has 0 aromatic heterocycles. The van der Waals surface area contributed by atoms with Gasteiger partial charge in [-0.25, -0.2) is 4.79 Å². The second-order valence-corrected chi connectivity index (χ2v) is 6.68. The molecule has 2 aliphatic rings. The first-order valence-corrected chi connectivity index (χ1v) is 7.55. The van der Waals surface area contributed by atoms with Gasteiger partial charge in [0.15, 0.2) is 0 Å². The molecule has 0 aliphatic carbocycles. The summed E-state index contributed by atoms with van der Waals surface area (Å²) in [5.41, 5.74) is -0.0629. The van der Waals surface area contributed by atoms with E-state index in [1.54, 1.807) is 4.90 Å². The Labute approximate surface area is 125 Å². The summed E-state index contributed by atoms with van der Waals surface area (Å²) in [5, 5.41) is 12.6. The summed E-state index contributed by atoms with van der Waals surface area (Å²) in [6.07, 6.45) is -1.00. The molecule has 21 heavy (non-hydrogen) atoms. The molecule has 2 N–H and O–H groups in total. The Hall–Kier alpha value is -1.34. The van der Waals surface area contributed by atoms with Gasteiger partial charge in [0.05, 0.1) is 0 Å². The van der Waals surface area contributed by atoms with E-state index in [-0.39, 0.29) is 11.4 Å². The Bertz CT molecular complexity index is 402.